The van der Waals surface area contributed by atoms with Crippen molar-refractivity contribution in [2.45, 2.75) is 5.50 Å². The Hall–Kier alpha value is -2.92. The number of H-pyrrole nitrogens is 1. The Bertz CT molecular complexity index is 1150. The van der Waals surface area contributed by atoms with Gasteiger partial charge in [-0.25, -0.2) is 9.18 Å². The lowest BCUT2D eigenvalue weighted by atomic mass is 10.2. The van der Waals surface area contributed by atoms with E-state index in [1.165, 1.54) is 35.5 Å². The molecule has 9 nitrogen and oxygen atoms in total. The van der Waals surface area contributed by atoms with Gasteiger partial charge >= 0.3 is 5.69 Å². The predicted octanol–water partition coefficient (Wildman–Crippen LogP) is 0.790. The van der Waals surface area contributed by atoms with E-state index in [0.29, 0.717) is 17.1 Å². The first kappa shape index (κ1) is 19.4. The lowest BCUT2D eigenvalue weighted by Crippen LogP contribution is -2.45. The van der Waals surface area contributed by atoms with Gasteiger partial charge in [0.05, 0.1) is 23.9 Å². The number of aromatic nitrogens is 2. The highest BCUT2D eigenvalue weighted by Gasteiger charge is 2.28. The molecule has 0 aliphatic carbocycles. The number of halogens is 2. The molecule has 1 unspecified atom stereocenters. The summed E-state index contributed by atoms with van der Waals surface area (Å²) in [6.07, 6.45) is 0. The van der Waals surface area contributed by atoms with Crippen molar-refractivity contribution < 1.29 is 9.18 Å². The van der Waals surface area contributed by atoms with E-state index in [0.717, 1.165) is 0 Å². The molecule has 0 radical (unpaired) electrons. The molecule has 4 N–H and O–H groups in total. The van der Waals surface area contributed by atoms with Crippen LogP contribution in [0.2, 0.25) is 5.02 Å². The van der Waals surface area contributed by atoms with E-state index < -0.39 is 22.6 Å². The summed E-state index contributed by atoms with van der Waals surface area (Å²) in [6, 6.07) is 4.09. The van der Waals surface area contributed by atoms with Crippen LogP contribution in [0.1, 0.15) is 5.56 Å². The van der Waals surface area contributed by atoms with E-state index >= 15 is 0 Å². The summed E-state index contributed by atoms with van der Waals surface area (Å²) in [5.41, 5.74) is 0.0203. The minimum Gasteiger partial charge on any atom is -0.356 e. The number of hydrogen-bond donors (Lipinski definition) is 4. The van der Waals surface area contributed by atoms with Gasteiger partial charge in [-0.15, -0.1) is 0 Å². The van der Waals surface area contributed by atoms with Crippen LogP contribution >= 0.6 is 23.4 Å². The summed E-state index contributed by atoms with van der Waals surface area (Å²) in [7, 11) is 1.53. The lowest BCUT2D eigenvalue weighted by molar-refractivity contribution is -0.120. The van der Waals surface area contributed by atoms with Crippen LogP contribution in [0.4, 0.5) is 15.9 Å². The second kappa shape index (κ2) is 7.48. The average molecular weight is 439 g/mol. The van der Waals surface area contributed by atoms with Crippen LogP contribution in [0.15, 0.2) is 33.2 Å². The van der Waals surface area contributed by atoms with Crippen molar-refractivity contribution in [3.8, 4) is 0 Å². The van der Waals surface area contributed by atoms with Gasteiger partial charge in [-0.2, -0.15) is 0 Å². The fraction of sp³-hybridized carbons (Fsp3) is 0.235. The highest BCUT2D eigenvalue weighted by atomic mass is 35.5. The highest BCUT2D eigenvalue weighted by Crippen LogP contribution is 2.31. The van der Waals surface area contributed by atoms with Crippen molar-refractivity contribution >= 4 is 46.5 Å². The molecular weight excluding hydrogens is 423 g/mol. The molecule has 12 heteroatoms. The van der Waals surface area contributed by atoms with Crippen LogP contribution in [0.25, 0.3) is 5.70 Å². The van der Waals surface area contributed by atoms with E-state index in [-0.39, 0.29) is 29.8 Å². The smallest absolute Gasteiger partial charge is 0.329 e. The number of amides is 1. The van der Waals surface area contributed by atoms with Crippen molar-refractivity contribution in [1.82, 2.24) is 20.2 Å². The Morgan fingerprint density at radius 1 is 1.41 bits per heavy atom. The summed E-state index contributed by atoms with van der Waals surface area (Å²) in [5.74, 6) is -0.380. The number of nitrogens with one attached hydrogen (secondary N) is 4. The molecule has 1 aromatic carbocycles. The number of anilines is 2. The topological polar surface area (TPSA) is 111 Å². The fourth-order valence-corrected chi connectivity index (χ4v) is 4.25. The molecule has 4 rings (SSSR count). The first-order chi connectivity index (χ1) is 13.8. The minimum absolute atomic E-state index is 0.0767. The van der Waals surface area contributed by atoms with E-state index in [1.54, 1.807) is 16.4 Å². The maximum atomic E-state index is 13.2. The Kier molecular flexibility index (Phi) is 5.01. The number of hydrogen-bond acceptors (Lipinski definition) is 7. The second-order valence-corrected chi connectivity index (χ2v) is 7.82. The monoisotopic (exact) mass is 438 g/mol. The summed E-state index contributed by atoms with van der Waals surface area (Å²) in [4.78, 5) is 40.0. The molecule has 0 bridgehead atoms. The lowest BCUT2D eigenvalue weighted by Gasteiger charge is -2.19. The van der Waals surface area contributed by atoms with Crippen molar-refractivity contribution in [3.05, 3.63) is 60.8 Å². The normalized spacial score (nSPS) is 17.4. The van der Waals surface area contributed by atoms with Gasteiger partial charge in [-0.3, -0.25) is 19.1 Å². The summed E-state index contributed by atoms with van der Waals surface area (Å²) < 4.78 is 14.5. The van der Waals surface area contributed by atoms with Crippen LogP contribution in [-0.2, 0) is 11.8 Å². The molecule has 1 amide bonds. The van der Waals surface area contributed by atoms with E-state index in [4.69, 9.17) is 11.6 Å². The molecule has 3 heterocycles. The van der Waals surface area contributed by atoms with Gasteiger partial charge in [-0.1, -0.05) is 23.4 Å². The molecule has 0 spiro atoms. The Morgan fingerprint density at radius 3 is 2.97 bits per heavy atom. The predicted molar refractivity (Wildman–Crippen MR) is 110 cm³/mol. The van der Waals surface area contributed by atoms with Gasteiger partial charge in [0, 0.05) is 12.6 Å². The zero-order valence-corrected chi connectivity index (χ0v) is 16.7. The zero-order chi connectivity index (χ0) is 20.7. The quantitative estimate of drug-likeness (QED) is 0.558. The van der Waals surface area contributed by atoms with Crippen LogP contribution in [0, 0.1) is 5.82 Å². The molecule has 0 saturated heterocycles. The fourth-order valence-electron chi connectivity index (χ4n) is 3.12. The summed E-state index contributed by atoms with van der Waals surface area (Å²) >= 11 is 7.41. The third-order valence-electron chi connectivity index (χ3n) is 4.51. The Balaban J connectivity index is 1.40. The van der Waals surface area contributed by atoms with Crippen molar-refractivity contribution in [2.75, 3.05) is 23.4 Å². The Labute approximate surface area is 172 Å². The molecule has 2 aromatic rings. The number of fused-ring (bicyclic) bond motifs is 1. The molecular formula is C17H16ClFN6O3S. The molecule has 0 fully saturated rings. The van der Waals surface area contributed by atoms with Crippen LogP contribution in [0.5, 0.6) is 0 Å². The number of rotatable bonds is 4. The van der Waals surface area contributed by atoms with Gasteiger partial charge in [-0.05, 0) is 23.6 Å². The number of carbonyl (C=O) groups is 1. The molecule has 152 valence electrons. The highest BCUT2D eigenvalue weighted by molar-refractivity contribution is 8.03. The molecule has 1 aromatic heterocycles. The van der Waals surface area contributed by atoms with Crippen molar-refractivity contribution in [1.29, 1.82) is 0 Å². The van der Waals surface area contributed by atoms with Crippen LogP contribution in [-0.4, -0.2) is 34.2 Å². The summed E-state index contributed by atoms with van der Waals surface area (Å²) in [5, 5.41) is 10.9. The second-order valence-electron chi connectivity index (χ2n) is 6.43. The maximum absolute atomic E-state index is 13.2. The standard InChI is InChI=1S/C17H16ClFN6O3S/c1-24-14-13(15(27)23-17(24)28)25(7-20-14)5-12(26)22-16-21-11(6-29-16)9-3-2-8(19)4-10(9)18/h2-4,6,16,20-21H,5,7H2,1H3,(H,22,26)(H,23,27,28). The van der Waals surface area contributed by atoms with Crippen molar-refractivity contribution in [2.24, 2.45) is 7.05 Å². The molecule has 29 heavy (non-hydrogen) atoms. The van der Waals surface area contributed by atoms with Gasteiger partial charge in [0.2, 0.25) is 5.91 Å². The number of aromatic amines is 1. The van der Waals surface area contributed by atoms with E-state index in [9.17, 15) is 18.8 Å². The SMILES string of the molecule is Cn1c2c(c(=O)[nH]c1=O)N(CC(=O)NC1NC(c3ccc(F)cc3Cl)=CS1)CN2. The maximum Gasteiger partial charge on any atom is 0.329 e. The number of nitrogens with zero attached hydrogens (tertiary/aromatic N) is 2. The first-order valence-electron chi connectivity index (χ1n) is 8.52. The zero-order valence-electron chi connectivity index (χ0n) is 15.1. The van der Waals surface area contributed by atoms with Crippen LogP contribution < -0.4 is 32.1 Å². The third kappa shape index (κ3) is 3.70. The Morgan fingerprint density at radius 2 is 2.21 bits per heavy atom. The number of carbonyl (C=O) groups excluding carboxylic acids is 1. The van der Waals surface area contributed by atoms with Gasteiger partial charge in [0.15, 0.2) is 5.50 Å². The van der Waals surface area contributed by atoms with E-state index in [1.807, 2.05) is 0 Å². The number of benzene rings is 1. The average Bonchev–Trinajstić information content (AvgIpc) is 3.27. The third-order valence-corrected chi connectivity index (χ3v) is 5.70. The van der Waals surface area contributed by atoms with Gasteiger partial charge < -0.3 is 20.9 Å². The van der Waals surface area contributed by atoms with Crippen LogP contribution in [0.3, 0.4) is 0 Å². The number of thioether (sulfide) groups is 1. The minimum atomic E-state index is -0.552. The van der Waals surface area contributed by atoms with Gasteiger partial charge in [0.1, 0.15) is 17.3 Å². The molecule has 2 aliphatic rings. The largest absolute Gasteiger partial charge is 0.356 e. The van der Waals surface area contributed by atoms with E-state index in [2.05, 4.69) is 20.9 Å². The van der Waals surface area contributed by atoms with Gasteiger partial charge in [0.25, 0.3) is 5.56 Å². The summed E-state index contributed by atoms with van der Waals surface area (Å²) in [6.45, 7) is 0.149. The van der Waals surface area contributed by atoms with Crippen molar-refractivity contribution in [3.63, 3.8) is 0 Å². The molecule has 1 atom stereocenters. The first-order valence-corrected chi connectivity index (χ1v) is 9.84. The molecule has 0 saturated carbocycles. The molecule has 2 aliphatic heterocycles.